The number of amides is 1. The van der Waals surface area contributed by atoms with Crippen molar-refractivity contribution in [1.82, 2.24) is 9.78 Å². The number of anilines is 2. The summed E-state index contributed by atoms with van der Waals surface area (Å²) < 4.78 is 1.88. The zero-order chi connectivity index (χ0) is 26.9. The average molecular weight is 566 g/mol. The molecule has 9 heteroatoms. The Bertz CT molecular complexity index is 1620. The molecular weight excluding hydrogens is 539 g/mol. The van der Waals surface area contributed by atoms with Crippen LogP contribution < -0.4 is 10.2 Å². The maximum absolute atomic E-state index is 14.5. The van der Waals surface area contributed by atoms with E-state index in [-0.39, 0.29) is 11.8 Å². The van der Waals surface area contributed by atoms with Crippen molar-refractivity contribution in [3.8, 4) is 5.69 Å². The van der Waals surface area contributed by atoms with Crippen molar-refractivity contribution in [2.45, 2.75) is 43.4 Å². The minimum absolute atomic E-state index is 0.0187. The molecule has 194 valence electrons. The molecule has 3 heterocycles. The molecule has 2 aliphatic rings. The Morgan fingerprint density at radius 2 is 1.76 bits per heavy atom. The molecule has 38 heavy (non-hydrogen) atoms. The minimum Gasteiger partial charge on any atom is -0.371 e. The van der Waals surface area contributed by atoms with Gasteiger partial charge in [-0.2, -0.15) is 5.10 Å². The molecular formula is C29H26Cl2N4O2S. The Labute approximate surface area is 235 Å². The number of nitrogens with zero attached hydrogens (tertiary/aromatic N) is 3. The summed E-state index contributed by atoms with van der Waals surface area (Å²) in [6.45, 7) is 6.09. The lowest BCUT2D eigenvalue weighted by Gasteiger charge is -2.40. The fourth-order valence-corrected chi connectivity index (χ4v) is 6.78. The summed E-state index contributed by atoms with van der Waals surface area (Å²) in [6, 6.07) is 18.9. The number of rotatable bonds is 4. The van der Waals surface area contributed by atoms with Gasteiger partial charge >= 0.3 is 0 Å². The van der Waals surface area contributed by atoms with E-state index in [1.807, 2.05) is 54.3 Å². The van der Waals surface area contributed by atoms with Crippen molar-refractivity contribution in [2.24, 2.45) is 0 Å². The molecule has 1 spiro atoms. The Hall–Kier alpha value is -2.97. The first-order chi connectivity index (χ1) is 18.2. The number of aryl methyl sites for hydroxylation is 1. The van der Waals surface area contributed by atoms with Crippen LogP contribution >= 0.6 is 35.0 Å². The van der Waals surface area contributed by atoms with E-state index < -0.39 is 11.8 Å². The molecule has 1 amide bonds. The largest absolute Gasteiger partial charge is 0.371 e. The normalized spacial score (nSPS) is 19.8. The summed E-state index contributed by atoms with van der Waals surface area (Å²) in [5, 5.41) is 21.1. The highest BCUT2D eigenvalue weighted by Crippen LogP contribution is 2.57. The molecule has 0 saturated heterocycles. The Morgan fingerprint density at radius 3 is 2.50 bits per heavy atom. The van der Waals surface area contributed by atoms with Crippen molar-refractivity contribution < 1.29 is 9.90 Å². The number of nitrogens with one attached hydrogen (secondary N) is 1. The predicted molar refractivity (Wildman–Crippen MR) is 154 cm³/mol. The van der Waals surface area contributed by atoms with Gasteiger partial charge in [-0.15, -0.1) is 11.8 Å². The van der Waals surface area contributed by atoms with Crippen LogP contribution in [0.1, 0.15) is 52.6 Å². The van der Waals surface area contributed by atoms with E-state index in [0.717, 1.165) is 27.4 Å². The number of para-hydroxylation sites is 1. The van der Waals surface area contributed by atoms with E-state index >= 15 is 0 Å². The van der Waals surface area contributed by atoms with Crippen LogP contribution in [0.5, 0.6) is 0 Å². The Kier molecular flexibility index (Phi) is 6.03. The van der Waals surface area contributed by atoms with E-state index in [9.17, 15) is 9.90 Å². The molecule has 0 aliphatic carbocycles. The number of thioether (sulfide) groups is 1. The Balaban J connectivity index is 1.74. The fourth-order valence-electron chi connectivity index (χ4n) is 5.86. The molecule has 2 N–H and O–H groups in total. The molecule has 2 unspecified atom stereocenters. The zero-order valence-electron chi connectivity index (χ0n) is 21.3. The number of carbonyl (C=O) groups excluding carboxylic acids is 1. The summed E-state index contributed by atoms with van der Waals surface area (Å²) in [4.78, 5) is 17.2. The summed E-state index contributed by atoms with van der Waals surface area (Å²) >= 11 is 14.4. The van der Waals surface area contributed by atoms with Crippen LogP contribution in [0.25, 0.3) is 5.69 Å². The molecule has 2 aliphatic heterocycles. The summed E-state index contributed by atoms with van der Waals surface area (Å²) in [6.07, 6.45) is 0.858. The van der Waals surface area contributed by atoms with Crippen LogP contribution in [0.2, 0.25) is 10.0 Å². The number of hydrogen-bond acceptors (Lipinski definition) is 5. The molecule has 0 fully saturated rings. The molecule has 6 rings (SSSR count). The van der Waals surface area contributed by atoms with Crippen molar-refractivity contribution in [3.05, 3.63) is 98.8 Å². The van der Waals surface area contributed by atoms with Gasteiger partial charge in [-0.25, -0.2) is 4.68 Å². The highest BCUT2D eigenvalue weighted by molar-refractivity contribution is 7.98. The lowest BCUT2D eigenvalue weighted by molar-refractivity contribution is 0.0916. The van der Waals surface area contributed by atoms with Gasteiger partial charge in [-0.05, 0) is 61.1 Å². The van der Waals surface area contributed by atoms with Gasteiger partial charge < -0.3 is 10.4 Å². The number of aliphatic hydroxyl groups excluding tert-OH is 1. The van der Waals surface area contributed by atoms with Gasteiger partial charge in [0.15, 0.2) is 11.9 Å². The lowest BCUT2D eigenvalue weighted by atomic mass is 9.81. The van der Waals surface area contributed by atoms with Crippen LogP contribution in [0.4, 0.5) is 11.4 Å². The van der Waals surface area contributed by atoms with Crippen LogP contribution in [-0.4, -0.2) is 33.3 Å². The molecule has 3 aromatic carbocycles. The fraction of sp³-hybridized carbons (Fsp3) is 0.241. The molecule has 2 atom stereocenters. The second-order valence-electron chi connectivity index (χ2n) is 9.92. The van der Waals surface area contributed by atoms with Crippen molar-refractivity contribution in [1.29, 1.82) is 0 Å². The Morgan fingerprint density at radius 1 is 1.05 bits per heavy atom. The van der Waals surface area contributed by atoms with E-state index in [1.165, 1.54) is 0 Å². The molecule has 0 radical (unpaired) electrons. The second-order valence-corrected chi connectivity index (χ2v) is 11.6. The third kappa shape index (κ3) is 3.39. The quantitative estimate of drug-likeness (QED) is 0.261. The number of halogens is 2. The SMILES string of the molecule is CSc1ccccc1-n1nc2c(c1C(C)C)C1(c3ccc(Cl)cc3NC1O)N(c1cc(Cl)ccc1C)C2=O. The lowest BCUT2D eigenvalue weighted by Crippen LogP contribution is -2.53. The smallest absolute Gasteiger partial charge is 0.280 e. The minimum atomic E-state index is -1.28. The van der Waals surface area contributed by atoms with Gasteiger partial charge in [-0.1, -0.05) is 61.3 Å². The molecule has 4 aromatic rings. The molecule has 0 bridgehead atoms. The van der Waals surface area contributed by atoms with E-state index in [0.29, 0.717) is 32.7 Å². The van der Waals surface area contributed by atoms with Crippen LogP contribution in [0, 0.1) is 6.92 Å². The standard InChI is InChI=1S/C29H26Cl2N4O2S/c1-15(2)26-24-25(33-35(26)21-7-5-6-8-23(21)38-4)27(36)34(22-14-18(31)10-9-16(22)3)29(24)19-12-11-17(30)13-20(19)32-28(29)37/h5-15,28,32,37H,1-4H3. The van der Waals surface area contributed by atoms with E-state index in [4.69, 9.17) is 28.3 Å². The average Bonchev–Trinajstić information content (AvgIpc) is 3.49. The van der Waals surface area contributed by atoms with E-state index in [2.05, 4.69) is 19.2 Å². The zero-order valence-corrected chi connectivity index (χ0v) is 23.6. The predicted octanol–water partition coefficient (Wildman–Crippen LogP) is 6.98. The first kappa shape index (κ1) is 25.3. The van der Waals surface area contributed by atoms with Crippen LogP contribution in [0.15, 0.2) is 65.6 Å². The molecule has 6 nitrogen and oxygen atoms in total. The summed E-state index contributed by atoms with van der Waals surface area (Å²) in [7, 11) is 0. The topological polar surface area (TPSA) is 70.4 Å². The number of aromatic nitrogens is 2. The van der Waals surface area contributed by atoms with Gasteiger partial charge in [0.1, 0.15) is 5.54 Å². The van der Waals surface area contributed by atoms with Gasteiger partial charge in [0.05, 0.1) is 11.4 Å². The first-order valence-electron chi connectivity index (χ1n) is 12.3. The van der Waals surface area contributed by atoms with Gasteiger partial charge in [0.25, 0.3) is 5.91 Å². The number of aliphatic hydroxyl groups is 1. The van der Waals surface area contributed by atoms with Gasteiger partial charge in [0, 0.05) is 37.4 Å². The van der Waals surface area contributed by atoms with E-state index in [1.54, 1.807) is 40.9 Å². The summed E-state index contributed by atoms with van der Waals surface area (Å²) in [5.74, 6) is -0.314. The third-order valence-electron chi connectivity index (χ3n) is 7.41. The number of hydrogen-bond donors (Lipinski definition) is 2. The monoisotopic (exact) mass is 564 g/mol. The van der Waals surface area contributed by atoms with Gasteiger partial charge in [-0.3, -0.25) is 9.69 Å². The molecule has 0 saturated carbocycles. The highest BCUT2D eigenvalue weighted by Gasteiger charge is 2.63. The number of fused-ring (bicyclic) bond motifs is 4. The van der Waals surface area contributed by atoms with Crippen LogP contribution in [0.3, 0.4) is 0 Å². The first-order valence-corrected chi connectivity index (χ1v) is 14.3. The maximum Gasteiger partial charge on any atom is 0.280 e. The second kappa shape index (κ2) is 9.06. The van der Waals surface area contributed by atoms with Crippen molar-refractivity contribution in [2.75, 3.05) is 16.5 Å². The van der Waals surface area contributed by atoms with Crippen LogP contribution in [-0.2, 0) is 5.54 Å². The highest BCUT2D eigenvalue weighted by atomic mass is 35.5. The van der Waals surface area contributed by atoms with Crippen molar-refractivity contribution in [3.63, 3.8) is 0 Å². The number of benzene rings is 3. The third-order valence-corrected chi connectivity index (χ3v) is 8.67. The maximum atomic E-state index is 14.5. The molecule has 1 aromatic heterocycles. The van der Waals surface area contributed by atoms with Crippen molar-refractivity contribution >= 4 is 52.2 Å². The number of carbonyl (C=O) groups is 1. The van der Waals surface area contributed by atoms with Gasteiger partial charge in [0.2, 0.25) is 0 Å². The summed E-state index contributed by atoms with van der Waals surface area (Å²) in [5.41, 5.74) is 4.37.